The van der Waals surface area contributed by atoms with Gasteiger partial charge < -0.3 is 0 Å². The fraction of sp³-hybridized carbons (Fsp3) is 0.154. The summed E-state index contributed by atoms with van der Waals surface area (Å²) >= 11 is 3.18. The first-order chi connectivity index (χ1) is 9.41. The molecule has 0 fully saturated rings. The molecule has 1 heterocycles. The van der Waals surface area contributed by atoms with Crippen LogP contribution in [0.4, 0.5) is 4.39 Å². The second kappa shape index (κ2) is 5.99. The summed E-state index contributed by atoms with van der Waals surface area (Å²) in [6, 6.07) is 7.54. The zero-order chi connectivity index (χ0) is 14.8. The van der Waals surface area contributed by atoms with Crippen molar-refractivity contribution in [1.82, 2.24) is 9.29 Å². The molecule has 0 aliphatic heterocycles. The number of pyridine rings is 1. The molecule has 0 unspecified atom stereocenters. The van der Waals surface area contributed by atoms with Crippen molar-refractivity contribution >= 4 is 26.0 Å². The van der Waals surface area contributed by atoms with Gasteiger partial charge in [-0.1, -0.05) is 18.2 Å². The third-order valence-corrected chi connectivity index (χ3v) is 4.94. The van der Waals surface area contributed by atoms with E-state index in [0.717, 1.165) is 4.31 Å². The van der Waals surface area contributed by atoms with E-state index in [4.69, 9.17) is 0 Å². The van der Waals surface area contributed by atoms with Crippen LogP contribution in [0.25, 0.3) is 0 Å². The van der Waals surface area contributed by atoms with E-state index < -0.39 is 15.8 Å². The normalized spacial score (nSPS) is 11.8. The van der Waals surface area contributed by atoms with Crippen LogP contribution in [0.1, 0.15) is 5.56 Å². The topological polar surface area (TPSA) is 50.3 Å². The van der Waals surface area contributed by atoms with Gasteiger partial charge in [0.1, 0.15) is 10.7 Å². The van der Waals surface area contributed by atoms with Gasteiger partial charge in [0.2, 0.25) is 10.0 Å². The third-order valence-electron chi connectivity index (χ3n) is 2.74. The van der Waals surface area contributed by atoms with Crippen LogP contribution in [0.2, 0.25) is 0 Å². The van der Waals surface area contributed by atoms with Crippen LogP contribution < -0.4 is 0 Å². The van der Waals surface area contributed by atoms with Gasteiger partial charge >= 0.3 is 0 Å². The lowest BCUT2D eigenvalue weighted by Gasteiger charge is -2.17. The molecule has 2 aromatic rings. The Morgan fingerprint density at radius 3 is 2.65 bits per heavy atom. The van der Waals surface area contributed by atoms with Crippen LogP contribution >= 0.6 is 15.9 Å². The molecule has 0 saturated carbocycles. The first kappa shape index (κ1) is 15.1. The van der Waals surface area contributed by atoms with Crippen LogP contribution in [-0.4, -0.2) is 24.8 Å². The van der Waals surface area contributed by atoms with E-state index in [2.05, 4.69) is 20.9 Å². The molecular weight excluding hydrogens is 347 g/mol. The molecule has 0 aliphatic rings. The summed E-state index contributed by atoms with van der Waals surface area (Å²) in [5, 5.41) is 0. The van der Waals surface area contributed by atoms with E-state index in [0.29, 0.717) is 10.0 Å². The Hall–Kier alpha value is -1.31. The van der Waals surface area contributed by atoms with Gasteiger partial charge in [-0.3, -0.25) is 4.98 Å². The van der Waals surface area contributed by atoms with E-state index in [9.17, 15) is 12.8 Å². The molecule has 0 amide bonds. The van der Waals surface area contributed by atoms with Gasteiger partial charge in [-0.2, -0.15) is 4.31 Å². The molecule has 0 N–H and O–H groups in total. The first-order valence-corrected chi connectivity index (χ1v) is 7.95. The van der Waals surface area contributed by atoms with Crippen molar-refractivity contribution in [2.75, 3.05) is 7.05 Å². The Balaban J connectivity index is 2.29. The lowest BCUT2D eigenvalue weighted by Crippen LogP contribution is -2.27. The summed E-state index contributed by atoms with van der Waals surface area (Å²) in [5.74, 6) is -0.429. The van der Waals surface area contributed by atoms with Gasteiger partial charge in [0.25, 0.3) is 0 Å². The maximum Gasteiger partial charge on any atom is 0.244 e. The van der Waals surface area contributed by atoms with Crippen LogP contribution in [0.5, 0.6) is 0 Å². The van der Waals surface area contributed by atoms with Gasteiger partial charge in [0, 0.05) is 36.0 Å². The SMILES string of the molecule is CN(Cc1ccccc1F)S(=O)(=O)c1cncc(Br)c1. The van der Waals surface area contributed by atoms with Crippen LogP contribution in [-0.2, 0) is 16.6 Å². The van der Waals surface area contributed by atoms with Crippen molar-refractivity contribution in [1.29, 1.82) is 0 Å². The Kier molecular flexibility index (Phi) is 4.52. The van der Waals surface area contributed by atoms with Crippen LogP contribution in [0, 0.1) is 5.82 Å². The molecule has 1 aromatic heterocycles. The minimum absolute atomic E-state index is 0.0402. The van der Waals surface area contributed by atoms with E-state index >= 15 is 0 Å². The minimum Gasteiger partial charge on any atom is -0.262 e. The molecular formula is C13H12BrFN2O2S. The van der Waals surface area contributed by atoms with Gasteiger partial charge in [0.05, 0.1) is 0 Å². The highest BCUT2D eigenvalue weighted by Gasteiger charge is 2.22. The molecule has 2 rings (SSSR count). The standard InChI is InChI=1S/C13H12BrFN2O2S/c1-17(9-10-4-2-3-5-13(10)15)20(18,19)12-6-11(14)7-16-8-12/h2-8H,9H2,1H3. The minimum atomic E-state index is -3.70. The Morgan fingerprint density at radius 2 is 2.00 bits per heavy atom. The van der Waals surface area contributed by atoms with Crippen molar-refractivity contribution in [2.24, 2.45) is 0 Å². The maximum absolute atomic E-state index is 13.6. The average molecular weight is 359 g/mol. The molecule has 0 bridgehead atoms. The Labute approximate surface area is 125 Å². The number of nitrogens with zero attached hydrogens (tertiary/aromatic N) is 2. The maximum atomic E-state index is 13.6. The number of aromatic nitrogens is 1. The van der Waals surface area contributed by atoms with Gasteiger partial charge in [-0.15, -0.1) is 0 Å². The quantitative estimate of drug-likeness (QED) is 0.844. The molecule has 0 atom stereocenters. The highest BCUT2D eigenvalue weighted by Crippen LogP contribution is 2.20. The van der Waals surface area contributed by atoms with Crippen molar-refractivity contribution in [3.63, 3.8) is 0 Å². The number of hydrogen-bond acceptors (Lipinski definition) is 3. The number of benzene rings is 1. The molecule has 0 saturated heterocycles. The smallest absolute Gasteiger partial charge is 0.244 e. The van der Waals surface area contributed by atoms with E-state index in [-0.39, 0.29) is 11.4 Å². The number of halogens is 2. The Morgan fingerprint density at radius 1 is 1.30 bits per heavy atom. The number of rotatable bonds is 4. The van der Waals surface area contributed by atoms with Crippen molar-refractivity contribution in [3.8, 4) is 0 Å². The molecule has 20 heavy (non-hydrogen) atoms. The second-order valence-corrected chi connectivity index (χ2v) is 7.15. The van der Waals surface area contributed by atoms with Gasteiger partial charge in [0.15, 0.2) is 0 Å². The predicted molar refractivity (Wildman–Crippen MR) is 77.0 cm³/mol. The predicted octanol–water partition coefficient (Wildman–Crippen LogP) is 2.80. The fourth-order valence-corrected chi connectivity index (χ4v) is 3.32. The number of hydrogen-bond donors (Lipinski definition) is 0. The molecule has 7 heteroatoms. The van der Waals surface area contributed by atoms with Gasteiger partial charge in [-0.05, 0) is 28.1 Å². The summed E-state index contributed by atoms with van der Waals surface area (Å²) in [4.78, 5) is 3.89. The highest BCUT2D eigenvalue weighted by molar-refractivity contribution is 9.10. The van der Waals surface area contributed by atoms with Crippen molar-refractivity contribution in [2.45, 2.75) is 11.4 Å². The average Bonchev–Trinajstić information content (AvgIpc) is 2.41. The van der Waals surface area contributed by atoms with Crippen molar-refractivity contribution < 1.29 is 12.8 Å². The lowest BCUT2D eigenvalue weighted by molar-refractivity contribution is 0.456. The number of sulfonamides is 1. The summed E-state index contributed by atoms with van der Waals surface area (Å²) in [5.41, 5.74) is 0.321. The summed E-state index contributed by atoms with van der Waals surface area (Å²) in [6.07, 6.45) is 2.76. The largest absolute Gasteiger partial charge is 0.262 e. The molecule has 0 aliphatic carbocycles. The van der Waals surface area contributed by atoms with Crippen LogP contribution in [0.3, 0.4) is 0 Å². The zero-order valence-electron chi connectivity index (χ0n) is 10.6. The summed E-state index contributed by atoms with van der Waals surface area (Å²) in [6.45, 7) is -0.0402. The van der Waals surface area contributed by atoms with Crippen LogP contribution in [0.15, 0.2) is 52.1 Å². The molecule has 0 radical (unpaired) electrons. The zero-order valence-corrected chi connectivity index (χ0v) is 13.0. The van der Waals surface area contributed by atoms with Gasteiger partial charge in [-0.25, -0.2) is 12.8 Å². The highest BCUT2D eigenvalue weighted by atomic mass is 79.9. The molecule has 0 spiro atoms. The molecule has 106 valence electrons. The summed E-state index contributed by atoms with van der Waals surface area (Å²) < 4.78 is 39.9. The fourth-order valence-electron chi connectivity index (χ4n) is 1.66. The molecule has 1 aromatic carbocycles. The third kappa shape index (κ3) is 3.23. The lowest BCUT2D eigenvalue weighted by atomic mass is 10.2. The molecule has 4 nitrogen and oxygen atoms in total. The monoisotopic (exact) mass is 358 g/mol. The first-order valence-electron chi connectivity index (χ1n) is 5.71. The van der Waals surface area contributed by atoms with E-state index in [1.54, 1.807) is 18.2 Å². The summed E-state index contributed by atoms with van der Waals surface area (Å²) in [7, 11) is -2.30. The Bertz CT molecular complexity index is 722. The second-order valence-electron chi connectivity index (χ2n) is 4.19. The van der Waals surface area contributed by atoms with Crippen molar-refractivity contribution in [3.05, 3.63) is 58.6 Å². The van der Waals surface area contributed by atoms with E-state index in [1.807, 2.05) is 0 Å². The van der Waals surface area contributed by atoms with E-state index in [1.165, 1.54) is 31.6 Å².